The van der Waals surface area contributed by atoms with Gasteiger partial charge in [0.1, 0.15) is 5.75 Å². The summed E-state index contributed by atoms with van der Waals surface area (Å²) in [4.78, 5) is 0. The molecule has 1 atom stereocenters. The van der Waals surface area contributed by atoms with E-state index in [-0.39, 0.29) is 0 Å². The third-order valence-corrected chi connectivity index (χ3v) is 4.68. The smallest absolute Gasteiger partial charge is 0.122 e. The first kappa shape index (κ1) is 11.5. The first-order valence-electron chi connectivity index (χ1n) is 5.18. The molecule has 82 valence electrons. The van der Waals surface area contributed by atoms with Crippen molar-refractivity contribution in [1.29, 1.82) is 0 Å². The van der Waals surface area contributed by atoms with Gasteiger partial charge in [0.15, 0.2) is 0 Å². The highest BCUT2D eigenvalue weighted by atomic mass is 79.9. The van der Waals surface area contributed by atoms with Gasteiger partial charge in [-0.25, -0.2) is 0 Å². The maximum atomic E-state index is 5.67. The summed E-state index contributed by atoms with van der Waals surface area (Å²) in [6.07, 6.45) is 1.19. The fraction of sp³-hybridized carbons (Fsp3) is 0.500. The van der Waals surface area contributed by atoms with E-state index in [0.717, 1.165) is 23.0 Å². The molecular formula is C12H14Br2O. The molecule has 1 heterocycles. The Balaban J connectivity index is 2.07. The number of alkyl halides is 2. The van der Waals surface area contributed by atoms with Crippen LogP contribution in [0.25, 0.3) is 0 Å². The molecule has 1 aromatic carbocycles. The SMILES string of the molecule is BrCC(CBr)CC1COc2ccccc21. The summed E-state index contributed by atoms with van der Waals surface area (Å²) in [5.74, 6) is 2.33. The largest absolute Gasteiger partial charge is 0.493 e. The van der Waals surface area contributed by atoms with Crippen LogP contribution in [0, 0.1) is 5.92 Å². The number of fused-ring (bicyclic) bond motifs is 1. The lowest BCUT2D eigenvalue weighted by molar-refractivity contribution is 0.315. The van der Waals surface area contributed by atoms with E-state index in [9.17, 15) is 0 Å². The molecule has 0 fully saturated rings. The summed E-state index contributed by atoms with van der Waals surface area (Å²) in [5.41, 5.74) is 1.38. The quantitative estimate of drug-likeness (QED) is 0.758. The minimum atomic E-state index is 0.571. The molecule has 2 rings (SSSR count). The zero-order valence-electron chi connectivity index (χ0n) is 8.46. The highest BCUT2D eigenvalue weighted by Crippen LogP contribution is 2.37. The summed E-state index contributed by atoms with van der Waals surface area (Å²) in [5, 5.41) is 2.10. The van der Waals surface area contributed by atoms with Crippen LogP contribution in [-0.4, -0.2) is 17.3 Å². The predicted octanol–water partition coefficient (Wildman–Crippen LogP) is 3.96. The van der Waals surface area contributed by atoms with E-state index in [0.29, 0.717) is 11.8 Å². The third-order valence-electron chi connectivity index (χ3n) is 2.85. The molecule has 1 aliphatic rings. The Kier molecular flexibility index (Phi) is 4.09. The number of hydrogen-bond donors (Lipinski definition) is 0. The Bertz CT molecular complexity index is 323. The summed E-state index contributed by atoms with van der Waals surface area (Å²) in [7, 11) is 0. The lowest BCUT2D eigenvalue weighted by Gasteiger charge is -2.15. The average molecular weight is 334 g/mol. The molecule has 0 radical (unpaired) electrons. The monoisotopic (exact) mass is 332 g/mol. The van der Waals surface area contributed by atoms with Crippen molar-refractivity contribution in [2.45, 2.75) is 12.3 Å². The second-order valence-corrected chi connectivity index (χ2v) is 5.25. The molecule has 0 aliphatic carbocycles. The second kappa shape index (κ2) is 5.35. The Labute approximate surface area is 107 Å². The van der Waals surface area contributed by atoms with Crippen molar-refractivity contribution in [3.8, 4) is 5.75 Å². The Morgan fingerprint density at radius 3 is 2.73 bits per heavy atom. The number of ether oxygens (including phenoxy) is 1. The zero-order valence-corrected chi connectivity index (χ0v) is 11.6. The molecule has 0 N–H and O–H groups in total. The molecule has 1 unspecified atom stereocenters. The van der Waals surface area contributed by atoms with E-state index in [4.69, 9.17) is 4.74 Å². The van der Waals surface area contributed by atoms with Gasteiger partial charge >= 0.3 is 0 Å². The van der Waals surface area contributed by atoms with E-state index in [1.165, 1.54) is 12.0 Å². The van der Waals surface area contributed by atoms with Crippen molar-refractivity contribution < 1.29 is 4.74 Å². The third kappa shape index (κ3) is 2.56. The highest BCUT2D eigenvalue weighted by Gasteiger charge is 2.25. The molecule has 0 saturated carbocycles. The number of hydrogen-bond acceptors (Lipinski definition) is 1. The summed E-state index contributed by atoms with van der Waals surface area (Å²) in [6, 6.07) is 8.38. The van der Waals surface area contributed by atoms with E-state index in [1.807, 2.05) is 6.07 Å². The van der Waals surface area contributed by atoms with Crippen molar-refractivity contribution in [3.63, 3.8) is 0 Å². The van der Waals surface area contributed by atoms with Crippen LogP contribution < -0.4 is 4.74 Å². The van der Waals surface area contributed by atoms with Crippen molar-refractivity contribution in [3.05, 3.63) is 29.8 Å². The van der Waals surface area contributed by atoms with Crippen LogP contribution in [0.5, 0.6) is 5.75 Å². The van der Waals surface area contributed by atoms with Gasteiger partial charge in [-0.3, -0.25) is 0 Å². The fourth-order valence-electron chi connectivity index (χ4n) is 1.99. The topological polar surface area (TPSA) is 9.23 Å². The molecular weight excluding hydrogens is 320 g/mol. The van der Waals surface area contributed by atoms with Crippen LogP contribution in [0.4, 0.5) is 0 Å². The first-order chi connectivity index (χ1) is 7.35. The first-order valence-corrected chi connectivity index (χ1v) is 7.43. The summed E-state index contributed by atoms with van der Waals surface area (Å²) >= 11 is 7.10. The molecule has 1 aliphatic heterocycles. The lowest BCUT2D eigenvalue weighted by atomic mass is 9.92. The van der Waals surface area contributed by atoms with Crippen LogP contribution in [0.2, 0.25) is 0 Å². The van der Waals surface area contributed by atoms with Gasteiger partial charge in [0.05, 0.1) is 6.61 Å². The van der Waals surface area contributed by atoms with Crippen molar-refractivity contribution in [1.82, 2.24) is 0 Å². The Hall–Kier alpha value is -0.0200. The maximum absolute atomic E-state index is 5.67. The zero-order chi connectivity index (χ0) is 10.7. The minimum Gasteiger partial charge on any atom is -0.493 e. The van der Waals surface area contributed by atoms with Gasteiger partial charge in [-0.2, -0.15) is 0 Å². The number of halogens is 2. The van der Waals surface area contributed by atoms with Crippen LogP contribution in [-0.2, 0) is 0 Å². The predicted molar refractivity (Wildman–Crippen MR) is 70.4 cm³/mol. The molecule has 0 spiro atoms. The number of para-hydroxylation sites is 1. The number of benzene rings is 1. The standard InChI is InChI=1S/C12H14Br2O/c13-6-9(7-14)5-10-8-15-12-4-2-1-3-11(10)12/h1-4,9-10H,5-8H2. The molecule has 0 saturated heterocycles. The number of rotatable bonds is 4. The van der Waals surface area contributed by atoms with Crippen molar-refractivity contribution in [2.24, 2.45) is 5.92 Å². The Morgan fingerprint density at radius 2 is 2.00 bits per heavy atom. The fourth-order valence-corrected chi connectivity index (χ4v) is 3.59. The molecule has 0 amide bonds. The molecule has 1 nitrogen and oxygen atoms in total. The van der Waals surface area contributed by atoms with E-state index in [2.05, 4.69) is 50.1 Å². The van der Waals surface area contributed by atoms with Gasteiger partial charge in [-0.05, 0) is 18.4 Å². The molecule has 1 aromatic rings. The van der Waals surface area contributed by atoms with E-state index < -0.39 is 0 Å². The normalized spacial score (nSPS) is 19.0. The average Bonchev–Trinajstić information content (AvgIpc) is 2.69. The second-order valence-electron chi connectivity index (χ2n) is 3.96. The minimum absolute atomic E-state index is 0.571. The summed E-state index contributed by atoms with van der Waals surface area (Å²) < 4.78 is 5.67. The van der Waals surface area contributed by atoms with Gasteiger partial charge in [-0.1, -0.05) is 50.1 Å². The van der Waals surface area contributed by atoms with Crippen LogP contribution >= 0.6 is 31.9 Å². The van der Waals surface area contributed by atoms with Crippen molar-refractivity contribution in [2.75, 3.05) is 17.3 Å². The van der Waals surface area contributed by atoms with Crippen LogP contribution in [0.15, 0.2) is 24.3 Å². The Morgan fingerprint density at radius 1 is 1.27 bits per heavy atom. The van der Waals surface area contributed by atoms with Gasteiger partial charge < -0.3 is 4.74 Å². The van der Waals surface area contributed by atoms with E-state index in [1.54, 1.807) is 0 Å². The molecule has 0 aromatic heterocycles. The molecule has 0 bridgehead atoms. The van der Waals surface area contributed by atoms with Crippen LogP contribution in [0.1, 0.15) is 17.9 Å². The van der Waals surface area contributed by atoms with E-state index >= 15 is 0 Å². The van der Waals surface area contributed by atoms with Gasteiger partial charge in [0, 0.05) is 22.1 Å². The van der Waals surface area contributed by atoms with Gasteiger partial charge in [0.25, 0.3) is 0 Å². The highest BCUT2D eigenvalue weighted by molar-refractivity contribution is 9.09. The van der Waals surface area contributed by atoms with Crippen molar-refractivity contribution >= 4 is 31.9 Å². The van der Waals surface area contributed by atoms with Crippen LogP contribution in [0.3, 0.4) is 0 Å². The van der Waals surface area contributed by atoms with Gasteiger partial charge in [-0.15, -0.1) is 0 Å². The van der Waals surface area contributed by atoms with Gasteiger partial charge in [0.2, 0.25) is 0 Å². The molecule has 3 heteroatoms. The molecule has 15 heavy (non-hydrogen) atoms. The maximum Gasteiger partial charge on any atom is 0.122 e. The summed E-state index contributed by atoms with van der Waals surface area (Å²) in [6.45, 7) is 0.843. The lowest BCUT2D eigenvalue weighted by Crippen LogP contribution is -2.11.